The first-order chi connectivity index (χ1) is 25.0. The second-order valence-electron chi connectivity index (χ2n) is 15.4. The maximum Gasteiger partial charge on any atom is 0.422 e. The second kappa shape index (κ2) is 13.2. The van der Waals surface area contributed by atoms with Crippen LogP contribution in [0.1, 0.15) is 62.5 Å². The number of aryl methyl sites for hydroxylation is 1. The Kier molecular flexibility index (Phi) is 8.82. The summed E-state index contributed by atoms with van der Waals surface area (Å²) in [5.74, 6) is 1.57. The SMILES string of the molecule is C=CC(=O)N1CC2(CCN(c3nc(N4CCC(N(C)CC)CC4)nc4c(OCC(F)(F)F)c(-c5c(C)ccc6[nH]ncc56)c(C5CC5)cc34)CC2)C1. The Bertz CT molecular complexity index is 2000. The van der Waals surface area contributed by atoms with Gasteiger partial charge in [0.1, 0.15) is 11.3 Å². The number of fused-ring (bicyclic) bond motifs is 2. The molecule has 276 valence electrons. The number of rotatable bonds is 9. The van der Waals surface area contributed by atoms with E-state index in [0.717, 1.165) is 110 Å². The zero-order valence-electron chi connectivity index (χ0n) is 30.2. The van der Waals surface area contributed by atoms with Gasteiger partial charge < -0.3 is 24.3 Å². The lowest BCUT2D eigenvalue weighted by molar-refractivity contribution is -0.153. The molecule has 1 aliphatic carbocycles. The van der Waals surface area contributed by atoms with Gasteiger partial charge in [-0.2, -0.15) is 23.3 Å². The molecule has 4 aliphatic rings. The molecule has 0 unspecified atom stereocenters. The van der Waals surface area contributed by atoms with Gasteiger partial charge in [-0.15, -0.1) is 0 Å². The first-order valence-electron chi connectivity index (χ1n) is 18.6. The number of aromatic nitrogens is 4. The molecule has 2 aromatic carbocycles. The number of likely N-dealkylation sites (tertiary alicyclic amines) is 1. The molecule has 5 heterocycles. The van der Waals surface area contributed by atoms with E-state index in [1.54, 1.807) is 6.20 Å². The van der Waals surface area contributed by atoms with Crippen LogP contribution in [0.25, 0.3) is 32.9 Å². The maximum atomic E-state index is 14.1. The number of hydrogen-bond acceptors (Lipinski definition) is 8. The smallest absolute Gasteiger partial charge is 0.422 e. The number of hydrogen-bond donors (Lipinski definition) is 1. The van der Waals surface area contributed by atoms with Gasteiger partial charge in [-0.25, -0.2) is 4.98 Å². The molecule has 0 bridgehead atoms. The summed E-state index contributed by atoms with van der Waals surface area (Å²) in [6.07, 6.45) is 4.11. The number of amides is 1. The van der Waals surface area contributed by atoms with Crippen LogP contribution in [0.3, 0.4) is 0 Å². The minimum Gasteiger partial charge on any atom is -0.481 e. The van der Waals surface area contributed by atoms with E-state index in [-0.39, 0.29) is 23.0 Å². The number of anilines is 2. The lowest BCUT2D eigenvalue weighted by atomic mass is 9.72. The molecule has 1 amide bonds. The van der Waals surface area contributed by atoms with Crippen LogP contribution in [-0.4, -0.2) is 108 Å². The summed E-state index contributed by atoms with van der Waals surface area (Å²) in [6, 6.07) is 6.52. The molecule has 0 radical (unpaired) electrons. The summed E-state index contributed by atoms with van der Waals surface area (Å²) in [6.45, 7) is 11.7. The van der Waals surface area contributed by atoms with E-state index >= 15 is 0 Å². The van der Waals surface area contributed by atoms with Crippen LogP contribution in [0.15, 0.2) is 37.1 Å². The van der Waals surface area contributed by atoms with Gasteiger partial charge in [0.15, 0.2) is 12.4 Å². The van der Waals surface area contributed by atoms with Gasteiger partial charge in [-0.05, 0) is 99.9 Å². The standard InChI is InChI=1S/C39H47F3N8O2/c1-5-31(51)50-21-38(22-50)13-17-48(18-14-38)36-28-19-27(25-8-9-25)33(32-24(3)7-10-30-29(32)20-43-46-30)35(52-23-39(40,41)42)34(28)44-37(45-36)49-15-11-26(12-16-49)47(4)6-2/h5,7,10,19-20,25-26H,1,6,8-9,11-18,21-23H2,2-4H3,(H,43,46). The van der Waals surface area contributed by atoms with Crippen molar-refractivity contribution in [1.82, 2.24) is 30.0 Å². The summed E-state index contributed by atoms with van der Waals surface area (Å²) in [7, 11) is 2.15. The molecule has 13 heteroatoms. The van der Waals surface area contributed by atoms with Crippen LogP contribution >= 0.6 is 0 Å². The van der Waals surface area contributed by atoms with Gasteiger partial charge in [0.05, 0.1) is 11.7 Å². The average molecular weight is 717 g/mol. The molecule has 4 aromatic rings. The third-order valence-electron chi connectivity index (χ3n) is 12.0. The van der Waals surface area contributed by atoms with Crippen LogP contribution in [-0.2, 0) is 4.79 Å². The molecule has 3 saturated heterocycles. The molecule has 2 aromatic heterocycles. The van der Waals surface area contributed by atoms with Crippen molar-refractivity contribution in [3.8, 4) is 16.9 Å². The molecule has 1 spiro atoms. The molecule has 52 heavy (non-hydrogen) atoms. The zero-order chi connectivity index (χ0) is 36.4. The molecule has 0 atom stereocenters. The van der Waals surface area contributed by atoms with Crippen molar-refractivity contribution in [2.24, 2.45) is 5.41 Å². The van der Waals surface area contributed by atoms with E-state index in [4.69, 9.17) is 14.7 Å². The molecular weight excluding hydrogens is 669 g/mol. The molecule has 1 saturated carbocycles. The Hall–Kier alpha value is -4.39. The van der Waals surface area contributed by atoms with E-state index in [1.165, 1.54) is 6.08 Å². The number of nitrogens with zero attached hydrogens (tertiary/aromatic N) is 7. The third kappa shape index (κ3) is 6.34. The van der Waals surface area contributed by atoms with Gasteiger partial charge in [-0.3, -0.25) is 9.89 Å². The van der Waals surface area contributed by atoms with E-state index in [0.29, 0.717) is 36.2 Å². The lowest BCUT2D eigenvalue weighted by Gasteiger charge is -2.54. The normalized spacial score (nSPS) is 19.6. The first-order valence-corrected chi connectivity index (χ1v) is 18.6. The van der Waals surface area contributed by atoms with Gasteiger partial charge in [0.25, 0.3) is 0 Å². The van der Waals surface area contributed by atoms with Crippen LogP contribution in [0.2, 0.25) is 0 Å². The number of carbonyl (C=O) groups excluding carboxylic acids is 1. The first kappa shape index (κ1) is 34.7. The second-order valence-corrected chi connectivity index (χ2v) is 15.4. The Balaban J connectivity index is 1.29. The highest BCUT2D eigenvalue weighted by atomic mass is 19.4. The van der Waals surface area contributed by atoms with Crippen molar-refractivity contribution >= 4 is 39.5 Å². The molecule has 4 fully saturated rings. The van der Waals surface area contributed by atoms with Crippen molar-refractivity contribution in [2.45, 2.75) is 70.5 Å². The molecule has 3 aliphatic heterocycles. The fraction of sp³-hybridized carbons (Fsp3) is 0.538. The van der Waals surface area contributed by atoms with Crippen molar-refractivity contribution in [3.63, 3.8) is 0 Å². The van der Waals surface area contributed by atoms with Gasteiger partial charge in [0, 0.05) is 67.1 Å². The topological polar surface area (TPSA) is 93.7 Å². The number of H-pyrrole nitrogens is 1. The van der Waals surface area contributed by atoms with Crippen LogP contribution in [0, 0.1) is 12.3 Å². The highest BCUT2D eigenvalue weighted by Crippen LogP contribution is 2.53. The summed E-state index contributed by atoms with van der Waals surface area (Å²) in [5.41, 5.74) is 4.65. The van der Waals surface area contributed by atoms with E-state index in [1.807, 2.05) is 24.0 Å². The number of alkyl halides is 3. The summed E-state index contributed by atoms with van der Waals surface area (Å²) >= 11 is 0. The largest absolute Gasteiger partial charge is 0.481 e. The maximum absolute atomic E-state index is 14.1. The fourth-order valence-electron chi connectivity index (χ4n) is 8.66. The number of carbonyl (C=O) groups is 1. The number of aromatic amines is 1. The van der Waals surface area contributed by atoms with Crippen LogP contribution in [0.4, 0.5) is 24.9 Å². The molecule has 10 nitrogen and oxygen atoms in total. The number of halogens is 3. The molecule has 8 rings (SSSR count). The fourth-order valence-corrected chi connectivity index (χ4v) is 8.66. The summed E-state index contributed by atoms with van der Waals surface area (Å²) < 4.78 is 48.3. The minimum atomic E-state index is -4.55. The van der Waals surface area contributed by atoms with Crippen molar-refractivity contribution in [1.29, 1.82) is 0 Å². The van der Waals surface area contributed by atoms with E-state index in [9.17, 15) is 18.0 Å². The number of benzene rings is 2. The van der Waals surface area contributed by atoms with Gasteiger partial charge in [-0.1, -0.05) is 19.6 Å². The van der Waals surface area contributed by atoms with Gasteiger partial charge >= 0.3 is 6.18 Å². The Morgan fingerprint density at radius 1 is 1.06 bits per heavy atom. The van der Waals surface area contributed by atoms with Crippen LogP contribution in [0.5, 0.6) is 5.75 Å². The van der Waals surface area contributed by atoms with Crippen molar-refractivity contribution in [2.75, 3.05) is 69.3 Å². The minimum absolute atomic E-state index is 0.0375. The Morgan fingerprint density at radius 3 is 2.44 bits per heavy atom. The monoisotopic (exact) mass is 716 g/mol. The number of nitrogens with one attached hydrogen (secondary N) is 1. The molecular formula is C39H47F3N8O2. The third-order valence-corrected chi connectivity index (χ3v) is 12.0. The van der Waals surface area contributed by atoms with E-state index in [2.05, 4.69) is 51.5 Å². The quantitative estimate of drug-likeness (QED) is 0.189. The highest BCUT2D eigenvalue weighted by molar-refractivity contribution is 6.06. The highest BCUT2D eigenvalue weighted by Gasteiger charge is 2.47. The Labute approximate surface area is 302 Å². The number of piperidine rings is 2. The zero-order valence-corrected chi connectivity index (χ0v) is 30.2. The van der Waals surface area contributed by atoms with E-state index < -0.39 is 12.8 Å². The van der Waals surface area contributed by atoms with Crippen LogP contribution < -0.4 is 14.5 Å². The van der Waals surface area contributed by atoms with Crippen molar-refractivity contribution in [3.05, 3.63) is 48.2 Å². The predicted octanol–water partition coefficient (Wildman–Crippen LogP) is 6.84. The predicted molar refractivity (Wildman–Crippen MR) is 197 cm³/mol. The Morgan fingerprint density at radius 2 is 1.79 bits per heavy atom. The van der Waals surface area contributed by atoms with Crippen molar-refractivity contribution < 1.29 is 22.7 Å². The summed E-state index contributed by atoms with van der Waals surface area (Å²) in [5, 5.41) is 8.89. The average Bonchev–Trinajstić information content (AvgIpc) is 3.87. The number of ether oxygens (including phenoxy) is 1. The molecule has 1 N–H and O–H groups in total. The summed E-state index contributed by atoms with van der Waals surface area (Å²) in [4.78, 5) is 31.3. The van der Waals surface area contributed by atoms with Gasteiger partial charge in [0.2, 0.25) is 11.9 Å². The lowest BCUT2D eigenvalue weighted by Crippen LogP contribution is -2.61.